The van der Waals surface area contributed by atoms with Crippen LogP contribution in [-0.4, -0.2) is 4.98 Å². The van der Waals surface area contributed by atoms with Crippen molar-refractivity contribution in [2.75, 3.05) is 0 Å². The molecule has 0 amide bonds. The molecule has 0 atom stereocenters. The topological polar surface area (TPSA) is 12.9 Å². The number of pyridine rings is 1. The molecule has 0 aliphatic rings. The summed E-state index contributed by atoms with van der Waals surface area (Å²) < 4.78 is 36.5. The number of rotatable bonds is 0. The van der Waals surface area contributed by atoms with E-state index in [1.807, 2.05) is 0 Å². The number of hydrogen-bond donors (Lipinski definition) is 0. The standard InChI is InChI=1S/C6H2ClF3IN/c7-5-1-3(6(8,9)10)4(11)2-12-5/h1-2H. The normalized spacial score (nSPS) is 11.8. The van der Waals surface area contributed by atoms with Crippen LogP contribution in [0.25, 0.3) is 0 Å². The molecular formula is C6H2ClF3IN. The van der Waals surface area contributed by atoms with Crippen LogP contribution in [0.15, 0.2) is 12.3 Å². The summed E-state index contributed by atoms with van der Waals surface area (Å²) in [5.74, 6) is 0. The van der Waals surface area contributed by atoms with E-state index in [1.54, 1.807) is 22.6 Å². The molecule has 0 aliphatic carbocycles. The van der Waals surface area contributed by atoms with Crippen LogP contribution in [0.3, 0.4) is 0 Å². The average molecular weight is 307 g/mol. The van der Waals surface area contributed by atoms with Gasteiger partial charge in [-0.05, 0) is 28.7 Å². The molecule has 1 nitrogen and oxygen atoms in total. The number of hydrogen-bond acceptors (Lipinski definition) is 1. The first-order valence-electron chi connectivity index (χ1n) is 2.79. The molecule has 0 N–H and O–H groups in total. The van der Waals surface area contributed by atoms with Gasteiger partial charge in [-0.1, -0.05) is 11.6 Å². The molecule has 0 saturated heterocycles. The van der Waals surface area contributed by atoms with E-state index in [-0.39, 0.29) is 8.72 Å². The Morgan fingerprint density at radius 3 is 2.42 bits per heavy atom. The summed E-state index contributed by atoms with van der Waals surface area (Å²) >= 11 is 6.87. The Bertz CT molecular complexity index is 299. The molecule has 0 spiro atoms. The summed E-state index contributed by atoms with van der Waals surface area (Å²) in [6.07, 6.45) is -3.27. The molecule has 6 heteroatoms. The largest absolute Gasteiger partial charge is 0.417 e. The van der Waals surface area contributed by atoms with Crippen LogP contribution in [0.1, 0.15) is 5.56 Å². The van der Waals surface area contributed by atoms with E-state index >= 15 is 0 Å². The smallest absolute Gasteiger partial charge is 0.243 e. The molecule has 1 aromatic rings. The summed E-state index contributed by atoms with van der Waals surface area (Å²) in [4.78, 5) is 3.51. The van der Waals surface area contributed by atoms with Crippen molar-refractivity contribution in [2.45, 2.75) is 6.18 Å². The number of alkyl halides is 3. The molecule has 1 rings (SSSR count). The zero-order chi connectivity index (χ0) is 9.35. The van der Waals surface area contributed by atoms with Crippen LogP contribution < -0.4 is 0 Å². The predicted molar refractivity (Wildman–Crippen MR) is 47.0 cm³/mol. The van der Waals surface area contributed by atoms with Crippen molar-refractivity contribution in [1.82, 2.24) is 4.98 Å². The fourth-order valence-electron chi connectivity index (χ4n) is 0.630. The lowest BCUT2D eigenvalue weighted by atomic mass is 10.3. The van der Waals surface area contributed by atoms with E-state index in [2.05, 4.69) is 4.98 Å². The lowest BCUT2D eigenvalue weighted by molar-refractivity contribution is -0.138. The summed E-state index contributed by atoms with van der Waals surface area (Å²) in [7, 11) is 0. The molecule has 0 aromatic carbocycles. The molecule has 0 radical (unpaired) electrons. The monoisotopic (exact) mass is 307 g/mol. The van der Waals surface area contributed by atoms with Gasteiger partial charge in [0.1, 0.15) is 5.15 Å². The number of halogens is 5. The highest BCUT2D eigenvalue weighted by Gasteiger charge is 2.33. The van der Waals surface area contributed by atoms with E-state index < -0.39 is 11.7 Å². The fourth-order valence-corrected chi connectivity index (χ4v) is 1.39. The second kappa shape index (κ2) is 3.37. The van der Waals surface area contributed by atoms with Gasteiger partial charge < -0.3 is 0 Å². The minimum absolute atomic E-state index is 0.0458. The van der Waals surface area contributed by atoms with Gasteiger partial charge in [0.05, 0.1) is 5.56 Å². The molecule has 66 valence electrons. The molecular weight excluding hydrogens is 305 g/mol. The summed E-state index contributed by atoms with van der Waals surface area (Å²) in [6.45, 7) is 0. The quantitative estimate of drug-likeness (QED) is 0.529. The van der Waals surface area contributed by atoms with Crippen molar-refractivity contribution in [2.24, 2.45) is 0 Å². The first kappa shape index (κ1) is 10.0. The van der Waals surface area contributed by atoms with Crippen LogP contribution in [0.4, 0.5) is 13.2 Å². The van der Waals surface area contributed by atoms with Crippen molar-refractivity contribution in [3.63, 3.8) is 0 Å². The Hall–Kier alpha value is -0.0400. The fraction of sp³-hybridized carbons (Fsp3) is 0.167. The van der Waals surface area contributed by atoms with Gasteiger partial charge in [-0.3, -0.25) is 0 Å². The lowest BCUT2D eigenvalue weighted by Gasteiger charge is -2.07. The molecule has 1 aromatic heterocycles. The average Bonchev–Trinajstić information content (AvgIpc) is 1.92. The van der Waals surface area contributed by atoms with E-state index in [0.717, 1.165) is 12.3 Å². The minimum Gasteiger partial charge on any atom is -0.243 e. The molecule has 0 unspecified atom stereocenters. The van der Waals surface area contributed by atoms with Crippen LogP contribution in [0.2, 0.25) is 5.15 Å². The molecule has 0 saturated carbocycles. The third-order valence-electron chi connectivity index (χ3n) is 1.13. The third kappa shape index (κ3) is 2.22. The van der Waals surface area contributed by atoms with E-state index in [9.17, 15) is 13.2 Å². The number of aromatic nitrogens is 1. The Balaban J connectivity index is 3.23. The van der Waals surface area contributed by atoms with E-state index in [1.165, 1.54) is 0 Å². The Kier molecular flexibility index (Phi) is 2.82. The maximum atomic E-state index is 12.1. The van der Waals surface area contributed by atoms with Crippen LogP contribution >= 0.6 is 34.2 Å². The lowest BCUT2D eigenvalue weighted by Crippen LogP contribution is -2.07. The van der Waals surface area contributed by atoms with Gasteiger partial charge in [0.2, 0.25) is 0 Å². The van der Waals surface area contributed by atoms with Gasteiger partial charge in [-0.25, -0.2) is 4.98 Å². The Morgan fingerprint density at radius 2 is 2.00 bits per heavy atom. The highest BCUT2D eigenvalue weighted by atomic mass is 127. The first-order valence-corrected chi connectivity index (χ1v) is 4.25. The second-order valence-corrected chi connectivity index (χ2v) is 3.53. The van der Waals surface area contributed by atoms with Crippen LogP contribution in [0, 0.1) is 3.57 Å². The summed E-state index contributed by atoms with van der Waals surface area (Å²) in [6, 6.07) is 0.809. The van der Waals surface area contributed by atoms with Gasteiger partial charge in [-0.2, -0.15) is 13.2 Å². The van der Waals surface area contributed by atoms with Gasteiger partial charge in [0, 0.05) is 9.77 Å². The molecule has 0 aliphatic heterocycles. The SMILES string of the molecule is FC(F)(F)c1cc(Cl)ncc1I. The van der Waals surface area contributed by atoms with Crippen molar-refractivity contribution in [3.8, 4) is 0 Å². The molecule has 0 fully saturated rings. The predicted octanol–water partition coefficient (Wildman–Crippen LogP) is 3.36. The highest BCUT2D eigenvalue weighted by molar-refractivity contribution is 14.1. The minimum atomic E-state index is -4.36. The van der Waals surface area contributed by atoms with E-state index in [4.69, 9.17) is 11.6 Å². The third-order valence-corrected chi connectivity index (χ3v) is 2.19. The Morgan fingerprint density at radius 1 is 1.42 bits per heavy atom. The van der Waals surface area contributed by atoms with Crippen LogP contribution in [0.5, 0.6) is 0 Å². The van der Waals surface area contributed by atoms with Gasteiger partial charge in [0.25, 0.3) is 0 Å². The molecule has 12 heavy (non-hydrogen) atoms. The van der Waals surface area contributed by atoms with E-state index in [0.29, 0.717) is 0 Å². The van der Waals surface area contributed by atoms with Crippen molar-refractivity contribution < 1.29 is 13.2 Å². The van der Waals surface area contributed by atoms with Crippen molar-refractivity contribution in [3.05, 3.63) is 26.5 Å². The van der Waals surface area contributed by atoms with Crippen molar-refractivity contribution in [1.29, 1.82) is 0 Å². The van der Waals surface area contributed by atoms with Gasteiger partial charge in [0.15, 0.2) is 0 Å². The highest BCUT2D eigenvalue weighted by Crippen LogP contribution is 2.33. The van der Waals surface area contributed by atoms with Crippen molar-refractivity contribution >= 4 is 34.2 Å². The van der Waals surface area contributed by atoms with Gasteiger partial charge >= 0.3 is 6.18 Å². The maximum Gasteiger partial charge on any atom is 0.417 e. The van der Waals surface area contributed by atoms with Crippen LogP contribution in [-0.2, 0) is 6.18 Å². The zero-order valence-corrected chi connectivity index (χ0v) is 8.41. The number of nitrogens with zero attached hydrogens (tertiary/aromatic N) is 1. The first-order chi connectivity index (χ1) is 5.41. The second-order valence-electron chi connectivity index (χ2n) is 1.98. The zero-order valence-electron chi connectivity index (χ0n) is 5.49. The maximum absolute atomic E-state index is 12.1. The summed E-state index contributed by atoms with van der Waals surface area (Å²) in [5, 5.41) is -0.150. The van der Waals surface area contributed by atoms with Gasteiger partial charge in [-0.15, -0.1) is 0 Å². The Labute approximate surface area is 85.1 Å². The summed E-state index contributed by atoms with van der Waals surface area (Å²) in [5.41, 5.74) is -0.747. The molecule has 1 heterocycles. The molecule has 0 bridgehead atoms.